The molecular formula is C22H14FNOS. The summed E-state index contributed by atoms with van der Waals surface area (Å²) in [6, 6.07) is 14.2. The maximum atomic E-state index is 13.6. The molecule has 2 heterocycles. The number of nitrogens with zero attached hydrogens (tertiary/aromatic N) is 1. The van der Waals surface area contributed by atoms with Crippen molar-refractivity contribution in [2.75, 3.05) is 0 Å². The second-order valence-electron chi connectivity index (χ2n) is 6.48. The Labute approximate surface area is 154 Å². The van der Waals surface area contributed by atoms with Gasteiger partial charge in [0, 0.05) is 10.5 Å². The lowest BCUT2D eigenvalue weighted by Crippen LogP contribution is -2.30. The van der Waals surface area contributed by atoms with Gasteiger partial charge >= 0.3 is 0 Å². The highest BCUT2D eigenvalue weighted by atomic mass is 32.2. The van der Waals surface area contributed by atoms with Crippen LogP contribution in [0.1, 0.15) is 10.8 Å². The fourth-order valence-electron chi connectivity index (χ4n) is 3.75. The van der Waals surface area contributed by atoms with Crippen LogP contribution in [0.4, 0.5) is 4.39 Å². The average Bonchev–Trinajstić information content (AvgIpc) is 2.98. The first-order valence-electron chi connectivity index (χ1n) is 8.44. The summed E-state index contributed by atoms with van der Waals surface area (Å²) in [5, 5.41) is 3.68. The van der Waals surface area contributed by atoms with Crippen molar-refractivity contribution in [2.45, 2.75) is 5.25 Å². The first-order valence-corrected chi connectivity index (χ1v) is 9.39. The zero-order valence-electron chi connectivity index (χ0n) is 13.7. The van der Waals surface area contributed by atoms with Crippen molar-refractivity contribution in [1.29, 1.82) is 0 Å². The summed E-state index contributed by atoms with van der Waals surface area (Å²) < 4.78 is 13.3. The van der Waals surface area contributed by atoms with E-state index in [1.807, 2.05) is 47.9 Å². The van der Waals surface area contributed by atoms with Crippen molar-refractivity contribution < 1.29 is 9.18 Å². The van der Waals surface area contributed by atoms with Gasteiger partial charge < -0.3 is 0 Å². The summed E-state index contributed by atoms with van der Waals surface area (Å²) in [7, 11) is 0. The Morgan fingerprint density at radius 3 is 2.65 bits per heavy atom. The van der Waals surface area contributed by atoms with Crippen LogP contribution in [0.3, 0.4) is 0 Å². The van der Waals surface area contributed by atoms with Crippen LogP contribution in [0.25, 0.3) is 5.57 Å². The van der Waals surface area contributed by atoms with Crippen LogP contribution < -0.4 is 10.6 Å². The summed E-state index contributed by atoms with van der Waals surface area (Å²) in [5.74, 6) is -0.490. The smallest absolute Gasteiger partial charge is 0.174 e. The quantitative estimate of drug-likeness (QED) is 0.778. The number of para-hydroxylation sites is 1. The summed E-state index contributed by atoms with van der Waals surface area (Å²) in [6.07, 6.45) is 5.93. The molecular weight excluding hydrogens is 345 g/mol. The van der Waals surface area contributed by atoms with E-state index in [-0.39, 0.29) is 22.8 Å². The standard InChI is InChI=1S/C22H14FNOS/c23-15-8-5-14(6-9-15)22-19-13(11-12-26-22)7-10-18-20(21(19)25)16-3-1-2-4-17(16)24-18/h1-12,19,22H. The molecule has 0 N–H and O–H groups in total. The van der Waals surface area contributed by atoms with Crippen molar-refractivity contribution in [3.63, 3.8) is 0 Å². The van der Waals surface area contributed by atoms with Gasteiger partial charge in [-0.15, -0.1) is 11.8 Å². The van der Waals surface area contributed by atoms with Crippen molar-refractivity contribution >= 4 is 23.1 Å². The number of hydrogen-bond donors (Lipinski definition) is 0. The fourth-order valence-corrected chi connectivity index (χ4v) is 4.90. The van der Waals surface area contributed by atoms with E-state index in [9.17, 15) is 9.18 Å². The minimum Gasteiger partial charge on any atom is -0.293 e. The molecule has 0 fully saturated rings. The fraction of sp³-hybridized carbons (Fsp3) is 0.0909. The third kappa shape index (κ3) is 2.33. The Bertz CT molecular complexity index is 1140. The van der Waals surface area contributed by atoms with Gasteiger partial charge in [0.1, 0.15) is 5.82 Å². The minimum atomic E-state index is -0.305. The molecule has 4 heteroatoms. The molecule has 2 atom stereocenters. The lowest BCUT2D eigenvalue weighted by atomic mass is 9.84. The zero-order chi connectivity index (χ0) is 17.7. The van der Waals surface area contributed by atoms with E-state index in [1.165, 1.54) is 12.1 Å². The molecule has 0 bridgehead atoms. The van der Waals surface area contributed by atoms with Gasteiger partial charge in [0.2, 0.25) is 0 Å². The number of carbonyl (C=O) groups excluding carboxylic acids is 1. The molecule has 2 aromatic rings. The van der Waals surface area contributed by atoms with E-state index in [0.29, 0.717) is 5.57 Å². The van der Waals surface area contributed by atoms with E-state index in [0.717, 1.165) is 27.4 Å². The molecule has 0 saturated heterocycles. The molecule has 2 aliphatic heterocycles. The predicted molar refractivity (Wildman–Crippen MR) is 101 cm³/mol. The highest BCUT2D eigenvalue weighted by Gasteiger charge is 2.38. The van der Waals surface area contributed by atoms with Crippen LogP contribution in [0.5, 0.6) is 0 Å². The van der Waals surface area contributed by atoms with Crippen LogP contribution in [0.15, 0.2) is 88.4 Å². The lowest BCUT2D eigenvalue weighted by molar-refractivity contribution is -0.116. The molecule has 2 nitrogen and oxygen atoms in total. The maximum absolute atomic E-state index is 13.6. The number of hydrogen-bond acceptors (Lipinski definition) is 3. The van der Waals surface area contributed by atoms with Gasteiger partial charge in [-0.2, -0.15) is 0 Å². The molecule has 5 rings (SSSR count). The first kappa shape index (κ1) is 15.5. The lowest BCUT2D eigenvalue weighted by Gasteiger charge is -2.29. The van der Waals surface area contributed by atoms with Crippen LogP contribution >= 0.6 is 11.8 Å². The van der Waals surface area contributed by atoms with Gasteiger partial charge in [0.25, 0.3) is 0 Å². The number of ketones is 1. The summed E-state index contributed by atoms with van der Waals surface area (Å²) in [4.78, 5) is 18.2. The third-order valence-electron chi connectivity index (χ3n) is 4.98. The van der Waals surface area contributed by atoms with Gasteiger partial charge in [-0.1, -0.05) is 42.5 Å². The summed E-state index contributed by atoms with van der Waals surface area (Å²) in [5.41, 5.74) is 3.36. The van der Waals surface area contributed by atoms with E-state index in [4.69, 9.17) is 0 Å². The molecule has 2 aromatic carbocycles. The molecule has 3 aliphatic rings. The number of allylic oxidation sites excluding steroid dienone is 5. The second-order valence-corrected chi connectivity index (χ2v) is 7.53. The predicted octanol–water partition coefficient (Wildman–Crippen LogP) is 3.62. The average molecular weight is 359 g/mol. The molecule has 1 aliphatic carbocycles. The molecule has 0 saturated carbocycles. The molecule has 126 valence electrons. The Morgan fingerprint density at radius 2 is 1.81 bits per heavy atom. The molecule has 0 radical (unpaired) electrons. The molecule has 0 aromatic heterocycles. The minimum absolute atomic E-state index is 0.0765. The summed E-state index contributed by atoms with van der Waals surface area (Å²) in [6.45, 7) is 0. The third-order valence-corrected chi connectivity index (χ3v) is 6.11. The largest absolute Gasteiger partial charge is 0.293 e. The normalized spacial score (nSPS) is 23.3. The number of Topliss-reactive ketones (excluding diaryl/α,β-unsaturated/α-hetero) is 1. The van der Waals surface area contributed by atoms with E-state index in [1.54, 1.807) is 23.9 Å². The van der Waals surface area contributed by atoms with Crippen LogP contribution in [-0.4, -0.2) is 5.78 Å². The zero-order valence-corrected chi connectivity index (χ0v) is 14.5. The molecule has 26 heavy (non-hydrogen) atoms. The van der Waals surface area contributed by atoms with Crippen LogP contribution in [0, 0.1) is 11.7 Å². The van der Waals surface area contributed by atoms with Crippen molar-refractivity contribution in [3.05, 3.63) is 105 Å². The monoisotopic (exact) mass is 359 g/mol. The maximum Gasteiger partial charge on any atom is 0.174 e. The van der Waals surface area contributed by atoms with E-state index in [2.05, 4.69) is 4.99 Å². The molecule has 0 amide bonds. The number of benzene rings is 2. The Kier molecular flexibility index (Phi) is 3.54. The Balaban J connectivity index is 1.69. The molecule has 0 spiro atoms. The van der Waals surface area contributed by atoms with Crippen LogP contribution in [0.2, 0.25) is 0 Å². The van der Waals surface area contributed by atoms with Crippen molar-refractivity contribution in [2.24, 2.45) is 10.9 Å². The van der Waals surface area contributed by atoms with E-state index >= 15 is 0 Å². The SMILES string of the molecule is O=C1C2=c3ccccc3=NC2=CC=C2C=CSC(c3ccc(F)cc3)C12. The van der Waals surface area contributed by atoms with Gasteiger partial charge in [-0.3, -0.25) is 4.79 Å². The summed E-state index contributed by atoms with van der Waals surface area (Å²) >= 11 is 1.60. The number of fused-ring (bicyclic) bond motifs is 3. The van der Waals surface area contributed by atoms with Crippen LogP contribution in [-0.2, 0) is 4.79 Å². The number of carbonyl (C=O) groups is 1. The van der Waals surface area contributed by atoms with Gasteiger partial charge in [-0.05, 0) is 40.8 Å². The number of rotatable bonds is 1. The van der Waals surface area contributed by atoms with E-state index < -0.39 is 0 Å². The highest BCUT2D eigenvalue weighted by molar-refractivity contribution is 8.02. The molecule has 2 unspecified atom stereocenters. The van der Waals surface area contributed by atoms with Gasteiger partial charge in [0.05, 0.1) is 22.5 Å². The topological polar surface area (TPSA) is 29.4 Å². The first-order chi connectivity index (χ1) is 12.7. The van der Waals surface area contributed by atoms with Gasteiger partial charge in [-0.25, -0.2) is 9.38 Å². The Hall–Kier alpha value is -2.72. The number of halogens is 1. The highest BCUT2D eigenvalue weighted by Crippen LogP contribution is 2.47. The van der Waals surface area contributed by atoms with Crippen molar-refractivity contribution in [3.8, 4) is 0 Å². The Morgan fingerprint density at radius 1 is 1.00 bits per heavy atom. The number of thioether (sulfide) groups is 1. The van der Waals surface area contributed by atoms with Crippen molar-refractivity contribution in [1.82, 2.24) is 0 Å². The van der Waals surface area contributed by atoms with Gasteiger partial charge in [0.15, 0.2) is 5.78 Å². The second kappa shape index (κ2) is 5.92.